The minimum atomic E-state index is -0.469. The lowest BCUT2D eigenvalue weighted by Crippen LogP contribution is -2.33. The molecular formula is C14H25N3O3. The van der Waals surface area contributed by atoms with E-state index in [2.05, 4.69) is 10.3 Å². The third-order valence-corrected chi connectivity index (χ3v) is 2.53. The van der Waals surface area contributed by atoms with Crippen molar-refractivity contribution in [2.24, 2.45) is 0 Å². The first-order valence-corrected chi connectivity index (χ1v) is 6.96. The summed E-state index contributed by atoms with van der Waals surface area (Å²) in [6, 6.07) is 0. The summed E-state index contributed by atoms with van der Waals surface area (Å²) in [6.07, 6.45) is 3.91. The summed E-state index contributed by atoms with van der Waals surface area (Å²) in [5.41, 5.74) is 0.601. The Morgan fingerprint density at radius 3 is 2.85 bits per heavy atom. The standard InChI is InChI=1S/C14H25N3O3/c1-5-19-9-8-17-11-15-10-12(17)6-7-16-13(18)20-14(2,3)4/h10-11H,5-9H2,1-4H3,(H,16,18). The van der Waals surface area contributed by atoms with E-state index in [0.717, 1.165) is 12.2 Å². The second-order valence-corrected chi connectivity index (χ2v) is 5.45. The van der Waals surface area contributed by atoms with Crippen LogP contribution in [0.15, 0.2) is 12.5 Å². The summed E-state index contributed by atoms with van der Waals surface area (Å²) < 4.78 is 12.5. The Hall–Kier alpha value is -1.56. The predicted octanol–water partition coefficient (Wildman–Crippen LogP) is 1.99. The van der Waals surface area contributed by atoms with Crippen molar-refractivity contribution in [3.63, 3.8) is 0 Å². The van der Waals surface area contributed by atoms with Gasteiger partial charge in [0.2, 0.25) is 0 Å². The number of imidazole rings is 1. The maximum atomic E-state index is 11.5. The number of alkyl carbamates (subject to hydrolysis) is 1. The van der Waals surface area contributed by atoms with Crippen molar-refractivity contribution < 1.29 is 14.3 Å². The molecule has 0 aliphatic carbocycles. The van der Waals surface area contributed by atoms with Gasteiger partial charge in [-0.25, -0.2) is 9.78 Å². The molecule has 0 bridgehead atoms. The molecule has 0 saturated carbocycles. The molecule has 114 valence electrons. The van der Waals surface area contributed by atoms with Crippen molar-refractivity contribution in [3.05, 3.63) is 18.2 Å². The van der Waals surface area contributed by atoms with Crippen LogP contribution in [0.25, 0.3) is 0 Å². The number of carbonyl (C=O) groups is 1. The van der Waals surface area contributed by atoms with Gasteiger partial charge >= 0.3 is 6.09 Å². The maximum Gasteiger partial charge on any atom is 0.407 e. The van der Waals surface area contributed by atoms with Crippen LogP contribution in [-0.4, -0.2) is 41.0 Å². The SMILES string of the molecule is CCOCCn1cncc1CCNC(=O)OC(C)(C)C. The summed E-state index contributed by atoms with van der Waals surface area (Å²) in [6.45, 7) is 10.2. The second kappa shape index (κ2) is 7.89. The van der Waals surface area contributed by atoms with Crippen LogP contribution in [0.3, 0.4) is 0 Å². The van der Waals surface area contributed by atoms with Gasteiger partial charge in [-0.1, -0.05) is 0 Å². The minimum Gasteiger partial charge on any atom is -0.444 e. The number of amides is 1. The van der Waals surface area contributed by atoms with Gasteiger partial charge in [-0.15, -0.1) is 0 Å². The van der Waals surface area contributed by atoms with Gasteiger partial charge in [0, 0.05) is 38.0 Å². The molecule has 0 aromatic carbocycles. The van der Waals surface area contributed by atoms with Gasteiger partial charge in [-0.05, 0) is 27.7 Å². The molecule has 0 spiro atoms. The van der Waals surface area contributed by atoms with Gasteiger partial charge < -0.3 is 19.4 Å². The average Bonchev–Trinajstić information content (AvgIpc) is 2.75. The Morgan fingerprint density at radius 2 is 2.20 bits per heavy atom. The highest BCUT2D eigenvalue weighted by atomic mass is 16.6. The van der Waals surface area contributed by atoms with Crippen molar-refractivity contribution in [2.75, 3.05) is 19.8 Å². The number of hydrogen-bond acceptors (Lipinski definition) is 4. The number of carbonyl (C=O) groups excluding carboxylic acids is 1. The molecule has 0 saturated heterocycles. The van der Waals surface area contributed by atoms with Crippen LogP contribution >= 0.6 is 0 Å². The fraction of sp³-hybridized carbons (Fsp3) is 0.714. The lowest BCUT2D eigenvalue weighted by atomic mass is 10.2. The van der Waals surface area contributed by atoms with E-state index < -0.39 is 11.7 Å². The zero-order valence-electron chi connectivity index (χ0n) is 12.8. The third kappa shape index (κ3) is 6.56. The highest BCUT2D eigenvalue weighted by Crippen LogP contribution is 2.06. The highest BCUT2D eigenvalue weighted by Gasteiger charge is 2.15. The van der Waals surface area contributed by atoms with E-state index in [1.807, 2.05) is 38.5 Å². The van der Waals surface area contributed by atoms with Crippen LogP contribution in [0.2, 0.25) is 0 Å². The van der Waals surface area contributed by atoms with Gasteiger partial charge in [0.15, 0.2) is 0 Å². The monoisotopic (exact) mass is 283 g/mol. The lowest BCUT2D eigenvalue weighted by molar-refractivity contribution is 0.0528. The molecule has 1 rings (SSSR count). The highest BCUT2D eigenvalue weighted by molar-refractivity contribution is 5.67. The maximum absolute atomic E-state index is 11.5. The normalized spacial score (nSPS) is 11.4. The van der Waals surface area contributed by atoms with Gasteiger partial charge in [-0.3, -0.25) is 0 Å². The van der Waals surface area contributed by atoms with E-state index >= 15 is 0 Å². The number of ether oxygens (including phenoxy) is 2. The summed E-state index contributed by atoms with van der Waals surface area (Å²) in [7, 11) is 0. The molecule has 1 aromatic heterocycles. The molecule has 1 N–H and O–H groups in total. The molecule has 6 heteroatoms. The van der Waals surface area contributed by atoms with E-state index in [1.165, 1.54) is 0 Å². The molecule has 1 amide bonds. The largest absolute Gasteiger partial charge is 0.444 e. The van der Waals surface area contributed by atoms with Crippen molar-refractivity contribution in [1.29, 1.82) is 0 Å². The van der Waals surface area contributed by atoms with Crippen LogP contribution in [0.5, 0.6) is 0 Å². The topological polar surface area (TPSA) is 65.4 Å². The van der Waals surface area contributed by atoms with E-state index in [1.54, 1.807) is 6.33 Å². The quantitative estimate of drug-likeness (QED) is 0.777. The Morgan fingerprint density at radius 1 is 1.45 bits per heavy atom. The lowest BCUT2D eigenvalue weighted by Gasteiger charge is -2.19. The molecule has 0 aliphatic rings. The number of nitrogens with one attached hydrogen (secondary N) is 1. The van der Waals surface area contributed by atoms with Crippen molar-refractivity contribution in [3.8, 4) is 0 Å². The molecule has 1 heterocycles. The van der Waals surface area contributed by atoms with E-state index in [-0.39, 0.29) is 0 Å². The molecule has 20 heavy (non-hydrogen) atoms. The van der Waals surface area contributed by atoms with Gasteiger partial charge in [0.25, 0.3) is 0 Å². The Balaban J connectivity index is 2.31. The smallest absolute Gasteiger partial charge is 0.407 e. The van der Waals surface area contributed by atoms with Crippen molar-refractivity contribution in [2.45, 2.75) is 46.3 Å². The predicted molar refractivity (Wildman–Crippen MR) is 76.7 cm³/mol. The first kappa shape index (κ1) is 16.5. The fourth-order valence-corrected chi connectivity index (χ4v) is 1.67. The summed E-state index contributed by atoms with van der Waals surface area (Å²) in [4.78, 5) is 15.6. The molecule has 1 aromatic rings. The molecular weight excluding hydrogens is 258 g/mol. The molecule has 0 aliphatic heterocycles. The molecule has 0 radical (unpaired) electrons. The van der Waals surface area contributed by atoms with Gasteiger partial charge in [-0.2, -0.15) is 0 Å². The van der Waals surface area contributed by atoms with Gasteiger partial charge in [0.1, 0.15) is 5.60 Å². The average molecular weight is 283 g/mol. The summed E-state index contributed by atoms with van der Waals surface area (Å²) in [5, 5.41) is 2.74. The first-order chi connectivity index (χ1) is 9.42. The molecule has 0 atom stereocenters. The number of hydrogen-bond donors (Lipinski definition) is 1. The van der Waals surface area contributed by atoms with E-state index in [9.17, 15) is 4.79 Å². The Kier molecular flexibility index (Phi) is 6.51. The third-order valence-electron chi connectivity index (χ3n) is 2.53. The Bertz CT molecular complexity index is 410. The fourth-order valence-electron chi connectivity index (χ4n) is 1.67. The summed E-state index contributed by atoms with van der Waals surface area (Å²) >= 11 is 0. The molecule has 0 fully saturated rings. The van der Waals surface area contributed by atoms with Crippen LogP contribution < -0.4 is 5.32 Å². The number of aromatic nitrogens is 2. The van der Waals surface area contributed by atoms with Crippen LogP contribution in [-0.2, 0) is 22.4 Å². The zero-order valence-corrected chi connectivity index (χ0v) is 12.8. The Labute approximate surface area is 120 Å². The van der Waals surface area contributed by atoms with Crippen LogP contribution in [0.1, 0.15) is 33.4 Å². The molecule has 0 unspecified atom stereocenters. The summed E-state index contributed by atoms with van der Waals surface area (Å²) in [5.74, 6) is 0. The second-order valence-electron chi connectivity index (χ2n) is 5.45. The number of rotatable bonds is 7. The van der Waals surface area contributed by atoms with E-state index in [4.69, 9.17) is 9.47 Å². The number of nitrogens with zero attached hydrogens (tertiary/aromatic N) is 2. The molecule has 6 nitrogen and oxygen atoms in total. The van der Waals surface area contributed by atoms with Crippen LogP contribution in [0, 0.1) is 0 Å². The van der Waals surface area contributed by atoms with E-state index in [0.29, 0.717) is 26.2 Å². The van der Waals surface area contributed by atoms with Crippen LogP contribution in [0.4, 0.5) is 4.79 Å². The van der Waals surface area contributed by atoms with Crippen molar-refractivity contribution in [1.82, 2.24) is 14.9 Å². The zero-order chi connectivity index (χ0) is 15.0. The minimum absolute atomic E-state index is 0.391. The first-order valence-electron chi connectivity index (χ1n) is 6.96. The van der Waals surface area contributed by atoms with Gasteiger partial charge in [0.05, 0.1) is 12.9 Å². The van der Waals surface area contributed by atoms with Crippen molar-refractivity contribution >= 4 is 6.09 Å².